The number of carbonyl (C=O) groups is 1. The molecule has 0 spiro atoms. The Balaban J connectivity index is 2.47. The predicted molar refractivity (Wildman–Crippen MR) is 78.1 cm³/mol. The summed E-state index contributed by atoms with van der Waals surface area (Å²) < 4.78 is 95.0. The Morgan fingerprint density at radius 1 is 0.962 bits per heavy atom. The molecule has 0 aromatic heterocycles. The van der Waals surface area contributed by atoms with Crippen LogP contribution >= 0.6 is 23.2 Å². The molecule has 0 aliphatic heterocycles. The molecule has 2 aromatic carbocycles. The normalized spacial score (nSPS) is 12.2. The molecular weight excluding hydrogens is 416 g/mol. The summed E-state index contributed by atoms with van der Waals surface area (Å²) >= 11 is 10.7. The van der Waals surface area contributed by atoms with Gasteiger partial charge < -0.3 is 4.74 Å². The average molecular weight is 421 g/mol. The maximum atomic E-state index is 13.9. The third-order valence-corrected chi connectivity index (χ3v) is 3.54. The lowest BCUT2D eigenvalue weighted by molar-refractivity contribution is -0.138. The summed E-state index contributed by atoms with van der Waals surface area (Å²) in [6.07, 6.45) is -9.76. The van der Waals surface area contributed by atoms with Crippen LogP contribution in [0.4, 0.5) is 30.7 Å². The van der Waals surface area contributed by atoms with Crippen molar-refractivity contribution in [3.8, 4) is 11.5 Å². The van der Waals surface area contributed by atoms with Crippen LogP contribution in [0, 0.1) is 5.82 Å². The van der Waals surface area contributed by atoms with Crippen LogP contribution in [-0.4, -0.2) is 5.24 Å². The van der Waals surface area contributed by atoms with Crippen molar-refractivity contribution in [3.63, 3.8) is 0 Å². The molecule has 0 saturated carbocycles. The van der Waals surface area contributed by atoms with E-state index in [0.717, 1.165) is 6.07 Å². The fourth-order valence-electron chi connectivity index (χ4n) is 1.94. The Morgan fingerprint density at radius 3 is 2.04 bits per heavy atom. The molecule has 26 heavy (non-hydrogen) atoms. The minimum absolute atomic E-state index is 0.110. The topological polar surface area (TPSA) is 26.3 Å². The Labute approximate surface area is 151 Å². The highest BCUT2D eigenvalue weighted by molar-refractivity contribution is 6.68. The van der Waals surface area contributed by atoms with Gasteiger partial charge in [0.2, 0.25) is 0 Å². The summed E-state index contributed by atoms with van der Waals surface area (Å²) in [7, 11) is 0. The molecule has 0 atom stereocenters. The maximum absolute atomic E-state index is 13.9. The van der Waals surface area contributed by atoms with Gasteiger partial charge in [0.1, 0.15) is 5.75 Å². The van der Waals surface area contributed by atoms with Crippen LogP contribution in [-0.2, 0) is 12.4 Å². The van der Waals surface area contributed by atoms with Crippen LogP contribution in [0.5, 0.6) is 11.5 Å². The van der Waals surface area contributed by atoms with Crippen LogP contribution < -0.4 is 4.74 Å². The van der Waals surface area contributed by atoms with E-state index in [2.05, 4.69) is 0 Å². The highest BCUT2D eigenvalue weighted by Gasteiger charge is 2.35. The van der Waals surface area contributed by atoms with Gasteiger partial charge in [-0.1, -0.05) is 11.6 Å². The summed E-state index contributed by atoms with van der Waals surface area (Å²) in [5.74, 6) is -2.83. The highest BCUT2D eigenvalue weighted by Crippen LogP contribution is 2.40. The number of halogens is 9. The summed E-state index contributed by atoms with van der Waals surface area (Å²) in [5, 5.41) is -2.22. The second kappa shape index (κ2) is 6.96. The van der Waals surface area contributed by atoms with Crippen molar-refractivity contribution in [1.29, 1.82) is 0 Å². The van der Waals surface area contributed by atoms with E-state index in [1.165, 1.54) is 0 Å². The Bertz CT molecular complexity index is 837. The van der Waals surface area contributed by atoms with Crippen molar-refractivity contribution < 1.29 is 40.3 Å². The molecule has 140 valence electrons. The molecule has 0 saturated heterocycles. The molecule has 0 unspecified atom stereocenters. The number of benzene rings is 2. The minimum Gasteiger partial charge on any atom is -0.453 e. The van der Waals surface area contributed by atoms with Crippen LogP contribution in [0.1, 0.15) is 21.5 Å². The van der Waals surface area contributed by atoms with Crippen molar-refractivity contribution in [2.45, 2.75) is 12.4 Å². The number of alkyl halides is 6. The van der Waals surface area contributed by atoms with Crippen LogP contribution in [0.3, 0.4) is 0 Å². The van der Waals surface area contributed by atoms with Crippen molar-refractivity contribution in [2.75, 3.05) is 0 Å². The summed E-state index contributed by atoms with van der Waals surface area (Å²) in [6, 6.07) is 2.27. The molecule has 0 amide bonds. The van der Waals surface area contributed by atoms with Gasteiger partial charge >= 0.3 is 12.4 Å². The summed E-state index contributed by atoms with van der Waals surface area (Å²) in [4.78, 5) is 11.2. The Morgan fingerprint density at radius 2 is 1.58 bits per heavy atom. The zero-order valence-corrected chi connectivity index (χ0v) is 13.6. The molecule has 0 heterocycles. The van der Waals surface area contributed by atoms with Gasteiger partial charge in [0.15, 0.2) is 11.6 Å². The number of hydrogen-bond acceptors (Lipinski definition) is 2. The van der Waals surface area contributed by atoms with Gasteiger partial charge in [-0.2, -0.15) is 26.3 Å². The fourth-order valence-corrected chi connectivity index (χ4v) is 2.34. The van der Waals surface area contributed by atoms with E-state index < -0.39 is 56.6 Å². The molecule has 11 heteroatoms. The molecule has 0 N–H and O–H groups in total. The van der Waals surface area contributed by atoms with Gasteiger partial charge in [0.25, 0.3) is 5.24 Å². The van der Waals surface area contributed by atoms with Gasteiger partial charge in [0, 0.05) is 5.56 Å². The average Bonchev–Trinajstić information content (AvgIpc) is 2.48. The summed E-state index contributed by atoms with van der Waals surface area (Å²) in [5.41, 5.74) is -3.71. The zero-order valence-electron chi connectivity index (χ0n) is 12.1. The second-order valence-electron chi connectivity index (χ2n) is 4.85. The van der Waals surface area contributed by atoms with Crippen LogP contribution in [0.15, 0.2) is 30.3 Å². The van der Waals surface area contributed by atoms with Crippen molar-refractivity contribution in [3.05, 3.63) is 57.9 Å². The van der Waals surface area contributed by atoms with Gasteiger partial charge in [-0.05, 0) is 41.9 Å². The monoisotopic (exact) mass is 420 g/mol. The standard InChI is InChI=1S/C15H5Cl2F7O2/c16-10-3-6(14(19,20)21)4-11(18)12(10)26-7-1-2-9(15(22,23)24)8(5-7)13(17)25/h1-5H. The quantitative estimate of drug-likeness (QED) is 0.408. The lowest BCUT2D eigenvalue weighted by Crippen LogP contribution is -2.11. The molecule has 0 fully saturated rings. The lowest BCUT2D eigenvalue weighted by atomic mass is 10.1. The molecule has 2 nitrogen and oxygen atoms in total. The van der Waals surface area contributed by atoms with Gasteiger partial charge in [-0.25, -0.2) is 4.39 Å². The number of carbonyl (C=O) groups excluding carboxylic acids is 1. The van der Waals surface area contributed by atoms with E-state index in [1.54, 1.807) is 0 Å². The van der Waals surface area contributed by atoms with Gasteiger partial charge in [-0.15, -0.1) is 0 Å². The van der Waals surface area contributed by atoms with Crippen LogP contribution in [0.25, 0.3) is 0 Å². The molecular formula is C15H5Cl2F7O2. The van der Waals surface area contributed by atoms with E-state index in [1.807, 2.05) is 0 Å². The Kier molecular flexibility index (Phi) is 5.44. The number of hydrogen-bond donors (Lipinski definition) is 0. The zero-order chi connectivity index (χ0) is 19.9. The fraction of sp³-hybridized carbons (Fsp3) is 0.133. The molecule has 2 aromatic rings. The largest absolute Gasteiger partial charge is 0.453 e. The first kappa shape index (κ1) is 20.3. The van der Waals surface area contributed by atoms with Crippen molar-refractivity contribution in [2.24, 2.45) is 0 Å². The third-order valence-electron chi connectivity index (χ3n) is 3.05. The van der Waals surface area contributed by atoms with E-state index in [4.69, 9.17) is 27.9 Å². The minimum atomic E-state index is -4.89. The van der Waals surface area contributed by atoms with E-state index in [-0.39, 0.29) is 6.07 Å². The molecule has 2 rings (SSSR count). The second-order valence-corrected chi connectivity index (χ2v) is 5.60. The third kappa shape index (κ3) is 4.39. The van der Waals surface area contributed by atoms with E-state index in [9.17, 15) is 35.5 Å². The van der Waals surface area contributed by atoms with Crippen molar-refractivity contribution >= 4 is 28.4 Å². The molecule has 0 radical (unpaired) electrons. The molecule has 0 aliphatic rings. The van der Waals surface area contributed by atoms with E-state index in [0.29, 0.717) is 18.2 Å². The highest BCUT2D eigenvalue weighted by atomic mass is 35.5. The first-order chi connectivity index (χ1) is 11.8. The molecule has 0 bridgehead atoms. The maximum Gasteiger partial charge on any atom is 0.417 e. The number of ether oxygens (including phenoxy) is 1. The first-order valence-corrected chi connectivity index (χ1v) is 7.21. The van der Waals surface area contributed by atoms with Gasteiger partial charge in [-0.3, -0.25) is 4.79 Å². The van der Waals surface area contributed by atoms with Crippen LogP contribution in [0.2, 0.25) is 5.02 Å². The molecule has 0 aliphatic carbocycles. The SMILES string of the molecule is O=C(Cl)c1cc(Oc2c(F)cc(C(F)(F)F)cc2Cl)ccc1C(F)(F)F. The summed E-state index contributed by atoms with van der Waals surface area (Å²) in [6.45, 7) is 0. The van der Waals surface area contributed by atoms with Crippen molar-refractivity contribution in [1.82, 2.24) is 0 Å². The smallest absolute Gasteiger partial charge is 0.417 e. The Hall–Kier alpha value is -2.00. The first-order valence-electron chi connectivity index (χ1n) is 6.46. The predicted octanol–water partition coefficient (Wildman–Crippen LogP) is 6.69. The van der Waals surface area contributed by atoms with Gasteiger partial charge in [0.05, 0.1) is 16.1 Å². The lowest BCUT2D eigenvalue weighted by Gasteiger charge is -2.14. The van der Waals surface area contributed by atoms with E-state index >= 15 is 0 Å². The number of rotatable bonds is 3.